The monoisotopic (exact) mass is 250 g/mol. The fourth-order valence-electron chi connectivity index (χ4n) is 2.72. The topological polar surface area (TPSA) is 33.1 Å². The van der Waals surface area contributed by atoms with E-state index in [2.05, 4.69) is 49.2 Å². The molecule has 0 aliphatic carbocycles. The molecule has 0 saturated carbocycles. The molecule has 0 spiro atoms. The maximum atomic E-state index is 4.43. The largest absolute Gasteiger partial charge is 0.369 e. The van der Waals surface area contributed by atoms with Crippen LogP contribution in [0.1, 0.15) is 40.2 Å². The summed E-state index contributed by atoms with van der Waals surface area (Å²) in [5.74, 6) is 0.695. The van der Waals surface area contributed by atoms with Gasteiger partial charge in [-0.15, -0.1) is 0 Å². The zero-order valence-electron chi connectivity index (χ0n) is 12.1. The highest BCUT2D eigenvalue weighted by molar-refractivity contribution is 5.43. The van der Waals surface area contributed by atoms with Gasteiger partial charge in [0, 0.05) is 31.4 Å². The minimum absolute atomic E-state index is 0.440. The van der Waals surface area contributed by atoms with Crippen molar-refractivity contribution in [2.75, 3.05) is 24.5 Å². The highest BCUT2D eigenvalue weighted by atomic mass is 15.3. The number of hydrogen-bond donors (Lipinski definition) is 1. The Morgan fingerprint density at radius 3 is 2.83 bits per heavy atom. The molecule has 4 nitrogen and oxygen atoms in total. The van der Waals surface area contributed by atoms with Crippen LogP contribution in [0.4, 0.5) is 5.69 Å². The molecule has 18 heavy (non-hydrogen) atoms. The van der Waals surface area contributed by atoms with Gasteiger partial charge in [-0.2, -0.15) is 5.10 Å². The SMILES string of the molecule is CCNC1CCN(c2cnn(C(C)C)c2)CC1C. The summed E-state index contributed by atoms with van der Waals surface area (Å²) >= 11 is 0. The highest BCUT2D eigenvalue weighted by Crippen LogP contribution is 2.23. The summed E-state index contributed by atoms with van der Waals surface area (Å²) in [5.41, 5.74) is 1.27. The van der Waals surface area contributed by atoms with Crippen molar-refractivity contribution < 1.29 is 0 Å². The molecule has 0 radical (unpaired) electrons. The summed E-state index contributed by atoms with van der Waals surface area (Å²) in [4.78, 5) is 2.46. The maximum Gasteiger partial charge on any atom is 0.0752 e. The number of hydrogen-bond acceptors (Lipinski definition) is 3. The van der Waals surface area contributed by atoms with Crippen LogP contribution < -0.4 is 10.2 Å². The van der Waals surface area contributed by atoms with Crippen LogP contribution in [-0.2, 0) is 0 Å². The molecule has 2 unspecified atom stereocenters. The van der Waals surface area contributed by atoms with Crippen molar-refractivity contribution in [1.29, 1.82) is 0 Å². The van der Waals surface area contributed by atoms with Gasteiger partial charge in [-0.25, -0.2) is 0 Å². The van der Waals surface area contributed by atoms with Crippen LogP contribution in [0.5, 0.6) is 0 Å². The molecule has 0 aromatic carbocycles. The van der Waals surface area contributed by atoms with Gasteiger partial charge < -0.3 is 10.2 Å². The van der Waals surface area contributed by atoms with Crippen LogP contribution in [0.2, 0.25) is 0 Å². The van der Waals surface area contributed by atoms with E-state index in [1.807, 2.05) is 10.9 Å². The van der Waals surface area contributed by atoms with Crippen LogP contribution in [0, 0.1) is 5.92 Å². The van der Waals surface area contributed by atoms with E-state index in [1.54, 1.807) is 0 Å². The van der Waals surface area contributed by atoms with Gasteiger partial charge in [0.05, 0.1) is 11.9 Å². The van der Waals surface area contributed by atoms with E-state index in [-0.39, 0.29) is 0 Å². The predicted molar refractivity (Wildman–Crippen MR) is 76.1 cm³/mol. The number of aromatic nitrogens is 2. The van der Waals surface area contributed by atoms with E-state index in [0.29, 0.717) is 18.0 Å². The van der Waals surface area contributed by atoms with Gasteiger partial charge in [0.1, 0.15) is 0 Å². The lowest BCUT2D eigenvalue weighted by molar-refractivity contribution is 0.327. The van der Waals surface area contributed by atoms with Gasteiger partial charge in [-0.3, -0.25) is 4.68 Å². The number of piperidine rings is 1. The Morgan fingerprint density at radius 1 is 1.50 bits per heavy atom. The first-order chi connectivity index (χ1) is 8.61. The second kappa shape index (κ2) is 5.74. The fraction of sp³-hybridized carbons (Fsp3) is 0.786. The fourth-order valence-corrected chi connectivity index (χ4v) is 2.72. The summed E-state index contributed by atoms with van der Waals surface area (Å²) in [6, 6.07) is 1.11. The summed E-state index contributed by atoms with van der Waals surface area (Å²) in [7, 11) is 0. The summed E-state index contributed by atoms with van der Waals surface area (Å²) in [6.07, 6.45) is 5.40. The normalized spacial score (nSPS) is 24.8. The van der Waals surface area contributed by atoms with Gasteiger partial charge in [-0.1, -0.05) is 13.8 Å². The smallest absolute Gasteiger partial charge is 0.0752 e. The van der Waals surface area contributed by atoms with Gasteiger partial charge in [-0.05, 0) is 32.7 Å². The van der Waals surface area contributed by atoms with Crippen molar-refractivity contribution in [1.82, 2.24) is 15.1 Å². The molecule has 2 atom stereocenters. The number of nitrogens with one attached hydrogen (secondary N) is 1. The van der Waals surface area contributed by atoms with Crippen molar-refractivity contribution in [3.8, 4) is 0 Å². The average molecular weight is 250 g/mol. The van der Waals surface area contributed by atoms with Crippen molar-refractivity contribution in [3.63, 3.8) is 0 Å². The van der Waals surface area contributed by atoms with E-state index in [9.17, 15) is 0 Å². The molecule has 1 fully saturated rings. The Bertz CT molecular complexity index is 372. The third-order valence-corrected chi connectivity index (χ3v) is 3.85. The van der Waals surface area contributed by atoms with E-state index in [0.717, 1.165) is 19.6 Å². The Hall–Kier alpha value is -1.03. The number of anilines is 1. The molecule has 0 amide bonds. The number of nitrogens with zero attached hydrogens (tertiary/aromatic N) is 3. The zero-order chi connectivity index (χ0) is 13.1. The minimum Gasteiger partial charge on any atom is -0.369 e. The maximum absolute atomic E-state index is 4.43. The Morgan fingerprint density at radius 2 is 2.28 bits per heavy atom. The van der Waals surface area contributed by atoms with Gasteiger partial charge >= 0.3 is 0 Å². The molecule has 102 valence electrons. The predicted octanol–water partition coefficient (Wildman–Crippen LogP) is 2.29. The molecule has 1 aromatic heterocycles. The van der Waals surface area contributed by atoms with E-state index in [1.165, 1.54) is 12.1 Å². The Kier molecular flexibility index (Phi) is 4.27. The van der Waals surface area contributed by atoms with Gasteiger partial charge in [0.25, 0.3) is 0 Å². The molecule has 1 aromatic rings. The van der Waals surface area contributed by atoms with E-state index in [4.69, 9.17) is 0 Å². The van der Waals surface area contributed by atoms with Crippen LogP contribution >= 0.6 is 0 Å². The summed E-state index contributed by atoms with van der Waals surface area (Å²) < 4.78 is 2.04. The molecule has 1 saturated heterocycles. The molecule has 4 heteroatoms. The van der Waals surface area contributed by atoms with Gasteiger partial charge in [0.15, 0.2) is 0 Å². The van der Waals surface area contributed by atoms with E-state index < -0.39 is 0 Å². The zero-order valence-corrected chi connectivity index (χ0v) is 12.1. The molecule has 1 N–H and O–H groups in total. The first-order valence-electron chi connectivity index (χ1n) is 7.14. The Labute approximate surface area is 110 Å². The van der Waals surface area contributed by atoms with Crippen molar-refractivity contribution >= 4 is 5.69 Å². The molecular formula is C14H26N4. The average Bonchev–Trinajstić information content (AvgIpc) is 2.81. The first-order valence-corrected chi connectivity index (χ1v) is 7.14. The second-order valence-corrected chi connectivity index (χ2v) is 5.65. The van der Waals surface area contributed by atoms with Crippen LogP contribution in [0.3, 0.4) is 0 Å². The first kappa shape index (κ1) is 13.4. The molecule has 2 heterocycles. The standard InChI is InChI=1S/C14H26N4/c1-5-15-14-6-7-17(9-12(14)4)13-8-16-18(10-13)11(2)3/h8,10-12,14-15H,5-7,9H2,1-4H3. The van der Waals surface area contributed by atoms with Crippen LogP contribution in [0.15, 0.2) is 12.4 Å². The third-order valence-electron chi connectivity index (χ3n) is 3.85. The lowest BCUT2D eigenvalue weighted by Gasteiger charge is -2.37. The van der Waals surface area contributed by atoms with Crippen molar-refractivity contribution in [2.45, 2.75) is 46.2 Å². The second-order valence-electron chi connectivity index (χ2n) is 5.65. The summed E-state index contributed by atoms with van der Waals surface area (Å²) in [6.45, 7) is 12.2. The Balaban J connectivity index is 1.98. The van der Waals surface area contributed by atoms with Crippen molar-refractivity contribution in [3.05, 3.63) is 12.4 Å². The molecule has 1 aliphatic rings. The van der Waals surface area contributed by atoms with Gasteiger partial charge in [0.2, 0.25) is 0 Å². The molecule has 2 rings (SSSR count). The molecular weight excluding hydrogens is 224 g/mol. The highest BCUT2D eigenvalue weighted by Gasteiger charge is 2.26. The lowest BCUT2D eigenvalue weighted by Crippen LogP contribution is -2.48. The lowest BCUT2D eigenvalue weighted by atomic mass is 9.93. The summed E-state index contributed by atoms with van der Waals surface area (Å²) in [5, 5.41) is 8.01. The van der Waals surface area contributed by atoms with E-state index >= 15 is 0 Å². The third kappa shape index (κ3) is 2.86. The number of rotatable bonds is 4. The molecule has 0 bridgehead atoms. The molecule has 1 aliphatic heterocycles. The quantitative estimate of drug-likeness (QED) is 0.890. The van der Waals surface area contributed by atoms with Crippen molar-refractivity contribution in [2.24, 2.45) is 5.92 Å². The van der Waals surface area contributed by atoms with Crippen LogP contribution in [0.25, 0.3) is 0 Å². The van der Waals surface area contributed by atoms with Crippen LogP contribution in [-0.4, -0.2) is 35.5 Å². The minimum atomic E-state index is 0.440.